The lowest BCUT2D eigenvalue weighted by Crippen LogP contribution is -2.27. The molecule has 2 heterocycles. The monoisotopic (exact) mass is 486 g/mol. The van der Waals surface area contributed by atoms with Crippen molar-refractivity contribution >= 4 is 23.8 Å². The minimum Gasteiger partial charge on any atom is -0.378 e. The SMILES string of the molecule is CC(C)Nc1nc(NCc2ccc(C(=O)NCCOCCOCCN)cc2)nc(N2CCCC2)n1. The van der Waals surface area contributed by atoms with Crippen LogP contribution in [-0.4, -0.2) is 79.5 Å². The molecule has 0 aliphatic carbocycles. The topological polar surface area (TPSA) is 140 Å². The zero-order valence-corrected chi connectivity index (χ0v) is 20.8. The first kappa shape index (κ1) is 26.6. The van der Waals surface area contributed by atoms with Gasteiger partial charge in [-0.25, -0.2) is 0 Å². The molecule has 1 saturated heterocycles. The Morgan fingerprint density at radius 1 is 1.00 bits per heavy atom. The van der Waals surface area contributed by atoms with Crippen molar-refractivity contribution in [3.63, 3.8) is 0 Å². The number of aromatic nitrogens is 3. The van der Waals surface area contributed by atoms with Crippen molar-refractivity contribution in [1.29, 1.82) is 0 Å². The number of hydrogen-bond donors (Lipinski definition) is 4. The smallest absolute Gasteiger partial charge is 0.251 e. The van der Waals surface area contributed by atoms with E-state index in [1.54, 1.807) is 0 Å². The van der Waals surface area contributed by atoms with Crippen LogP contribution in [-0.2, 0) is 16.0 Å². The number of amides is 1. The van der Waals surface area contributed by atoms with E-state index >= 15 is 0 Å². The van der Waals surface area contributed by atoms with Gasteiger partial charge in [-0.2, -0.15) is 15.0 Å². The fourth-order valence-corrected chi connectivity index (χ4v) is 3.52. The second-order valence-corrected chi connectivity index (χ2v) is 8.60. The maximum absolute atomic E-state index is 12.3. The summed E-state index contributed by atoms with van der Waals surface area (Å²) in [5.41, 5.74) is 6.96. The molecule has 0 saturated carbocycles. The summed E-state index contributed by atoms with van der Waals surface area (Å²) in [5.74, 6) is 1.66. The Hall–Kier alpha value is -3.02. The van der Waals surface area contributed by atoms with E-state index in [1.165, 1.54) is 0 Å². The molecule has 1 aromatic carbocycles. The number of nitrogens with one attached hydrogen (secondary N) is 3. The molecule has 11 heteroatoms. The molecule has 0 radical (unpaired) electrons. The van der Waals surface area contributed by atoms with Crippen LogP contribution < -0.4 is 26.6 Å². The number of nitrogens with zero attached hydrogens (tertiary/aromatic N) is 4. The Balaban J connectivity index is 1.47. The number of nitrogens with two attached hydrogens (primary N) is 1. The molecule has 0 unspecified atom stereocenters. The zero-order valence-electron chi connectivity index (χ0n) is 20.8. The molecular weight excluding hydrogens is 448 g/mol. The van der Waals surface area contributed by atoms with Crippen LogP contribution in [0.2, 0.25) is 0 Å². The van der Waals surface area contributed by atoms with E-state index in [-0.39, 0.29) is 11.9 Å². The standard InChI is InChI=1S/C24H38N8O3/c1-18(2)28-23-29-22(30-24(31-23)32-11-3-4-12-32)27-17-19-5-7-20(8-6-19)21(33)26-10-14-35-16-15-34-13-9-25/h5-8,18H,3-4,9-17,25H2,1-2H3,(H,26,33)(H2,27,28,29,30,31). The summed E-state index contributed by atoms with van der Waals surface area (Å²) in [6, 6.07) is 7.68. The fourth-order valence-electron chi connectivity index (χ4n) is 3.52. The number of anilines is 3. The summed E-state index contributed by atoms with van der Waals surface area (Å²) in [6.45, 7) is 9.43. The van der Waals surface area contributed by atoms with E-state index in [4.69, 9.17) is 15.2 Å². The summed E-state index contributed by atoms with van der Waals surface area (Å²) >= 11 is 0. The molecule has 192 valence electrons. The van der Waals surface area contributed by atoms with Gasteiger partial charge in [0.05, 0.1) is 26.4 Å². The highest BCUT2D eigenvalue weighted by Gasteiger charge is 2.17. The molecule has 1 aromatic heterocycles. The maximum Gasteiger partial charge on any atom is 0.251 e. The van der Waals surface area contributed by atoms with Gasteiger partial charge < -0.3 is 36.1 Å². The second kappa shape index (κ2) is 14.4. The van der Waals surface area contributed by atoms with E-state index < -0.39 is 0 Å². The second-order valence-electron chi connectivity index (χ2n) is 8.60. The van der Waals surface area contributed by atoms with Crippen LogP contribution in [0, 0.1) is 0 Å². The predicted octanol–water partition coefficient (Wildman–Crippen LogP) is 1.63. The summed E-state index contributed by atoms with van der Waals surface area (Å²) in [7, 11) is 0. The van der Waals surface area contributed by atoms with Crippen molar-refractivity contribution in [3.8, 4) is 0 Å². The average molecular weight is 487 g/mol. The number of benzene rings is 1. The molecule has 11 nitrogen and oxygen atoms in total. The molecule has 3 rings (SSSR count). The van der Waals surface area contributed by atoms with Crippen molar-refractivity contribution in [1.82, 2.24) is 20.3 Å². The molecule has 2 aromatic rings. The van der Waals surface area contributed by atoms with Gasteiger partial charge in [-0.3, -0.25) is 4.79 Å². The summed E-state index contributed by atoms with van der Waals surface area (Å²) in [4.78, 5) is 28.2. The Morgan fingerprint density at radius 3 is 2.37 bits per heavy atom. The molecule has 0 bridgehead atoms. The van der Waals surface area contributed by atoms with Gasteiger partial charge in [-0.05, 0) is 44.4 Å². The first-order valence-corrected chi connectivity index (χ1v) is 12.3. The van der Waals surface area contributed by atoms with Crippen LogP contribution in [0.3, 0.4) is 0 Å². The maximum atomic E-state index is 12.3. The van der Waals surface area contributed by atoms with Crippen molar-refractivity contribution in [3.05, 3.63) is 35.4 Å². The van der Waals surface area contributed by atoms with Gasteiger partial charge in [-0.1, -0.05) is 12.1 Å². The van der Waals surface area contributed by atoms with E-state index in [9.17, 15) is 4.79 Å². The molecule has 1 aliphatic heterocycles. The third-order valence-corrected chi connectivity index (χ3v) is 5.26. The van der Waals surface area contributed by atoms with Crippen molar-refractivity contribution in [2.45, 2.75) is 39.3 Å². The quantitative estimate of drug-likeness (QED) is 0.275. The Labute approximate surface area is 207 Å². The highest BCUT2D eigenvalue weighted by molar-refractivity contribution is 5.94. The fraction of sp³-hybridized carbons (Fsp3) is 0.583. The first-order valence-electron chi connectivity index (χ1n) is 12.3. The van der Waals surface area contributed by atoms with E-state index in [0.29, 0.717) is 69.5 Å². The summed E-state index contributed by atoms with van der Waals surface area (Å²) in [6.07, 6.45) is 2.30. The van der Waals surface area contributed by atoms with Gasteiger partial charge in [-0.15, -0.1) is 0 Å². The molecule has 0 atom stereocenters. The van der Waals surface area contributed by atoms with Crippen LogP contribution in [0.25, 0.3) is 0 Å². The lowest BCUT2D eigenvalue weighted by atomic mass is 10.1. The third kappa shape index (κ3) is 9.27. The highest BCUT2D eigenvalue weighted by atomic mass is 16.5. The highest BCUT2D eigenvalue weighted by Crippen LogP contribution is 2.19. The minimum absolute atomic E-state index is 0.135. The number of carbonyl (C=O) groups is 1. The predicted molar refractivity (Wildman–Crippen MR) is 137 cm³/mol. The lowest BCUT2D eigenvalue weighted by molar-refractivity contribution is 0.0511. The van der Waals surface area contributed by atoms with Gasteiger partial charge in [0.2, 0.25) is 17.8 Å². The van der Waals surface area contributed by atoms with Crippen LogP contribution in [0.5, 0.6) is 0 Å². The Kier molecular flexibility index (Phi) is 10.9. The normalized spacial score (nSPS) is 13.3. The van der Waals surface area contributed by atoms with Gasteiger partial charge in [0.1, 0.15) is 0 Å². The van der Waals surface area contributed by atoms with Gasteiger partial charge >= 0.3 is 0 Å². The lowest BCUT2D eigenvalue weighted by Gasteiger charge is -2.18. The summed E-state index contributed by atoms with van der Waals surface area (Å²) in [5, 5.41) is 9.41. The molecule has 35 heavy (non-hydrogen) atoms. The zero-order chi connectivity index (χ0) is 24.9. The number of carbonyl (C=O) groups excluding carboxylic acids is 1. The molecule has 5 N–H and O–H groups in total. The first-order chi connectivity index (χ1) is 17.0. The minimum atomic E-state index is -0.135. The van der Waals surface area contributed by atoms with E-state index in [0.717, 1.165) is 31.5 Å². The molecular formula is C24H38N8O3. The van der Waals surface area contributed by atoms with Gasteiger partial charge in [0, 0.05) is 44.3 Å². The molecule has 1 fully saturated rings. The number of hydrogen-bond acceptors (Lipinski definition) is 10. The van der Waals surface area contributed by atoms with Crippen LogP contribution >= 0.6 is 0 Å². The molecule has 0 spiro atoms. The Bertz CT molecular complexity index is 904. The summed E-state index contributed by atoms with van der Waals surface area (Å²) < 4.78 is 10.6. The van der Waals surface area contributed by atoms with E-state index in [1.807, 2.05) is 24.3 Å². The number of rotatable bonds is 15. The van der Waals surface area contributed by atoms with Crippen LogP contribution in [0.15, 0.2) is 24.3 Å². The van der Waals surface area contributed by atoms with Gasteiger partial charge in [0.25, 0.3) is 5.91 Å². The molecule has 1 aliphatic rings. The Morgan fingerprint density at radius 2 is 1.69 bits per heavy atom. The van der Waals surface area contributed by atoms with Crippen molar-refractivity contribution in [2.75, 3.05) is 68.1 Å². The average Bonchev–Trinajstić information content (AvgIpc) is 3.39. The van der Waals surface area contributed by atoms with E-state index in [2.05, 4.69) is 49.6 Å². The molecule has 1 amide bonds. The van der Waals surface area contributed by atoms with Crippen LogP contribution in [0.1, 0.15) is 42.6 Å². The van der Waals surface area contributed by atoms with Crippen molar-refractivity contribution in [2.24, 2.45) is 5.73 Å². The van der Waals surface area contributed by atoms with Crippen molar-refractivity contribution < 1.29 is 14.3 Å². The van der Waals surface area contributed by atoms with Gasteiger partial charge in [0.15, 0.2) is 0 Å². The third-order valence-electron chi connectivity index (χ3n) is 5.26. The largest absolute Gasteiger partial charge is 0.378 e. The van der Waals surface area contributed by atoms with Crippen LogP contribution in [0.4, 0.5) is 17.8 Å². The number of ether oxygens (including phenoxy) is 2.